The maximum atomic E-state index is 2.93. The van der Waals surface area contributed by atoms with Crippen LogP contribution in [0.3, 0.4) is 0 Å². The molecule has 0 nitrogen and oxygen atoms in total. The van der Waals surface area contributed by atoms with E-state index < -0.39 is 0 Å². The number of hydrogen-bond donors (Lipinski definition) is 0. The van der Waals surface area contributed by atoms with E-state index in [4.69, 9.17) is 0 Å². The van der Waals surface area contributed by atoms with Crippen LogP contribution in [0.4, 0.5) is 0 Å². The molecule has 0 aliphatic rings. The minimum absolute atomic E-state index is 0.171. The Balaban J connectivity index is 2.96. The molecule has 3 heteroatoms. The van der Waals surface area contributed by atoms with Gasteiger partial charge in [0.05, 0.1) is 0 Å². The highest BCUT2D eigenvalue weighted by atomic mass is 31.1. The van der Waals surface area contributed by atoms with Crippen molar-refractivity contribution in [1.29, 1.82) is 0 Å². The molecule has 162 valence electrons. The van der Waals surface area contributed by atoms with Crippen LogP contribution in [-0.2, 0) is 18.5 Å². The van der Waals surface area contributed by atoms with Gasteiger partial charge in [0.2, 0.25) is 0 Å². The monoisotopic (exact) mass is 440 g/mol. The number of unbranched alkanes of at least 4 members (excludes halogenated alkanes) is 4. The van der Waals surface area contributed by atoms with Gasteiger partial charge in [0.15, 0.2) is 0 Å². The summed E-state index contributed by atoms with van der Waals surface area (Å²) < 4.78 is 0. The Morgan fingerprint density at radius 1 is 0.643 bits per heavy atom. The van der Waals surface area contributed by atoms with E-state index in [2.05, 4.69) is 55.1 Å². The molecule has 0 saturated carbocycles. The topological polar surface area (TPSA) is 0 Å². The molecule has 0 aliphatic carbocycles. The zero-order chi connectivity index (χ0) is 20.6. The van der Waals surface area contributed by atoms with E-state index in [1.807, 2.05) is 0 Å². The van der Waals surface area contributed by atoms with Crippen LogP contribution in [-0.4, -0.2) is 24.6 Å². The van der Waals surface area contributed by atoms with Crippen molar-refractivity contribution < 1.29 is 0 Å². The van der Waals surface area contributed by atoms with Gasteiger partial charge in [0, 0.05) is 0 Å². The second-order valence-corrected chi connectivity index (χ2v) is 13.8. The average Bonchev–Trinajstić information content (AvgIpc) is 2.72. The second-order valence-electron chi connectivity index (χ2n) is 8.27. The lowest BCUT2D eigenvalue weighted by Crippen LogP contribution is -2.02. The summed E-state index contributed by atoms with van der Waals surface area (Å²) in [6, 6.07) is 7.48. The fourth-order valence-electron chi connectivity index (χ4n) is 3.66. The fourth-order valence-corrected chi connectivity index (χ4v) is 9.61. The van der Waals surface area contributed by atoms with E-state index in [1.54, 1.807) is 11.1 Å². The first kappa shape index (κ1) is 26.5. The van der Waals surface area contributed by atoms with Crippen molar-refractivity contribution in [1.82, 2.24) is 0 Å². The van der Waals surface area contributed by atoms with Gasteiger partial charge in [-0.15, -0.1) is 25.1 Å². The quantitative estimate of drug-likeness (QED) is 0.212. The first-order chi connectivity index (χ1) is 13.7. The van der Waals surface area contributed by atoms with E-state index in [-0.39, 0.29) is 15.8 Å². The molecule has 1 aromatic carbocycles. The van der Waals surface area contributed by atoms with E-state index >= 15 is 0 Å². The number of hydrogen-bond acceptors (Lipinski definition) is 0. The highest BCUT2D eigenvalue weighted by molar-refractivity contribution is 7.57. The molecular formula is C25H47P3. The van der Waals surface area contributed by atoms with Crippen LogP contribution in [0.15, 0.2) is 18.2 Å². The molecule has 0 amide bonds. The predicted molar refractivity (Wildman–Crippen MR) is 140 cm³/mol. The molecule has 0 saturated heterocycles. The van der Waals surface area contributed by atoms with Crippen LogP contribution in [0, 0.1) is 0 Å². The largest absolute Gasteiger partial charge is 0.133 e. The number of benzene rings is 1. The Kier molecular flexibility index (Phi) is 16.3. The van der Waals surface area contributed by atoms with Gasteiger partial charge in [0.1, 0.15) is 0 Å². The maximum absolute atomic E-state index is 2.93. The highest BCUT2D eigenvalue weighted by Crippen LogP contribution is 2.46. The maximum Gasteiger partial charge on any atom is -0.00701 e. The van der Waals surface area contributed by atoms with Crippen LogP contribution in [0.25, 0.3) is 0 Å². The third-order valence-corrected chi connectivity index (χ3v) is 11.4. The molecule has 0 spiro atoms. The van der Waals surface area contributed by atoms with Gasteiger partial charge in [-0.25, -0.2) is 0 Å². The Morgan fingerprint density at radius 2 is 1.07 bits per heavy atom. The first-order valence-electron chi connectivity index (χ1n) is 11.9. The summed E-state index contributed by atoms with van der Waals surface area (Å²) in [5.41, 5.74) is 4.94. The van der Waals surface area contributed by atoms with E-state index in [0.717, 1.165) is 6.16 Å². The molecule has 0 N–H and O–H groups in total. The molecule has 1 rings (SSSR count). The van der Waals surface area contributed by atoms with Gasteiger partial charge < -0.3 is 0 Å². The SMILES string of the molecule is CCCCP(CCCC)Cc1ccc(CP)cc1CP(CCCC)CCCC. The molecule has 1 atom stereocenters. The van der Waals surface area contributed by atoms with Gasteiger partial charge >= 0.3 is 0 Å². The predicted octanol–water partition coefficient (Wildman–Crippen LogP) is 9.23. The Bertz CT molecular complexity index is 485. The molecule has 0 radical (unpaired) electrons. The van der Waals surface area contributed by atoms with E-state index in [1.165, 1.54) is 93.9 Å². The van der Waals surface area contributed by atoms with Crippen molar-refractivity contribution in [3.05, 3.63) is 34.9 Å². The van der Waals surface area contributed by atoms with Crippen molar-refractivity contribution in [3.8, 4) is 0 Å². The van der Waals surface area contributed by atoms with Crippen LogP contribution >= 0.6 is 25.1 Å². The van der Waals surface area contributed by atoms with Crippen molar-refractivity contribution in [2.75, 3.05) is 24.6 Å². The summed E-state index contributed by atoms with van der Waals surface area (Å²) in [6.07, 6.45) is 20.9. The van der Waals surface area contributed by atoms with Crippen molar-refractivity contribution >= 4 is 25.1 Å². The van der Waals surface area contributed by atoms with Crippen LogP contribution in [0.5, 0.6) is 0 Å². The summed E-state index contributed by atoms with van der Waals surface area (Å²) in [5.74, 6) is 0. The van der Waals surface area contributed by atoms with Gasteiger partial charge in [-0.3, -0.25) is 0 Å². The summed E-state index contributed by atoms with van der Waals surface area (Å²) in [5, 5.41) is 0. The number of rotatable bonds is 17. The van der Waals surface area contributed by atoms with Crippen LogP contribution < -0.4 is 0 Å². The molecule has 0 fully saturated rings. The van der Waals surface area contributed by atoms with Crippen molar-refractivity contribution in [3.63, 3.8) is 0 Å². The summed E-state index contributed by atoms with van der Waals surface area (Å²) in [4.78, 5) is 0. The molecule has 0 heterocycles. The molecule has 1 unspecified atom stereocenters. The van der Waals surface area contributed by atoms with Gasteiger partial charge in [-0.2, -0.15) is 0 Å². The molecule has 0 aromatic heterocycles. The normalized spacial score (nSPS) is 11.7. The molecule has 0 aliphatic heterocycles. The molecule has 28 heavy (non-hydrogen) atoms. The summed E-state index contributed by atoms with van der Waals surface area (Å²) in [7, 11) is 3.27. The second kappa shape index (κ2) is 17.2. The smallest absolute Gasteiger partial charge is 0.00701 e. The zero-order valence-corrected chi connectivity index (χ0v) is 22.3. The van der Waals surface area contributed by atoms with E-state index in [0.29, 0.717) is 0 Å². The van der Waals surface area contributed by atoms with Gasteiger partial charge in [-0.1, -0.05) is 71.6 Å². The Labute approximate surface area is 182 Å². The Morgan fingerprint density at radius 3 is 1.46 bits per heavy atom. The van der Waals surface area contributed by atoms with Crippen molar-refractivity contribution in [2.24, 2.45) is 0 Å². The summed E-state index contributed by atoms with van der Waals surface area (Å²) >= 11 is 0. The minimum atomic E-state index is 0.171. The zero-order valence-electron chi connectivity index (χ0n) is 19.3. The molecular weight excluding hydrogens is 393 g/mol. The average molecular weight is 441 g/mol. The third-order valence-electron chi connectivity index (χ3n) is 5.61. The molecule has 1 aromatic rings. The lowest BCUT2D eigenvalue weighted by atomic mass is 10.1. The minimum Gasteiger partial charge on any atom is -0.133 e. The first-order valence-corrected chi connectivity index (χ1v) is 16.5. The third kappa shape index (κ3) is 11.1. The van der Waals surface area contributed by atoms with Gasteiger partial charge in [-0.05, 0) is 85.5 Å². The van der Waals surface area contributed by atoms with Crippen LogP contribution in [0.1, 0.15) is 95.8 Å². The Hall–Kier alpha value is 0.510. The highest BCUT2D eigenvalue weighted by Gasteiger charge is 2.15. The lowest BCUT2D eigenvalue weighted by Gasteiger charge is -2.23. The standard InChI is InChI=1S/C25H47P3/c1-5-9-15-27(16-10-6-2)21-24-14-13-23(20-26)19-25(24)22-28(17-11-7-3)18-12-8-4/h13-14,19H,5-12,15-18,20-22,26H2,1-4H3. The van der Waals surface area contributed by atoms with Crippen molar-refractivity contribution in [2.45, 2.75) is 97.5 Å². The van der Waals surface area contributed by atoms with Gasteiger partial charge in [0.25, 0.3) is 0 Å². The van der Waals surface area contributed by atoms with Crippen LogP contribution in [0.2, 0.25) is 0 Å². The van der Waals surface area contributed by atoms with E-state index in [9.17, 15) is 0 Å². The fraction of sp³-hybridized carbons (Fsp3) is 0.760. The summed E-state index contributed by atoms with van der Waals surface area (Å²) in [6.45, 7) is 9.40. The lowest BCUT2D eigenvalue weighted by molar-refractivity contribution is 0.863. The molecule has 0 bridgehead atoms.